The number of hydrogen-bond acceptors (Lipinski definition) is 2. The summed E-state index contributed by atoms with van der Waals surface area (Å²) in [4.78, 5) is 13.3. The van der Waals surface area contributed by atoms with Crippen LogP contribution in [0, 0.1) is 0 Å². The first-order chi connectivity index (χ1) is 7.43. The van der Waals surface area contributed by atoms with Crippen LogP contribution < -0.4 is 0 Å². The van der Waals surface area contributed by atoms with Crippen molar-refractivity contribution in [3.8, 4) is 0 Å². The summed E-state index contributed by atoms with van der Waals surface area (Å²) in [5.74, 6) is -2.69. The van der Waals surface area contributed by atoms with E-state index in [4.69, 9.17) is 4.74 Å². The van der Waals surface area contributed by atoms with Gasteiger partial charge in [0.05, 0.1) is 0 Å². The van der Waals surface area contributed by atoms with Gasteiger partial charge in [-0.05, 0) is 34.6 Å². The number of carbonyl (C=O) groups excluding carboxylic acids is 1. The summed E-state index contributed by atoms with van der Waals surface area (Å²) < 4.78 is 31.8. The Morgan fingerprint density at radius 2 is 1.82 bits per heavy atom. The van der Waals surface area contributed by atoms with Crippen molar-refractivity contribution >= 4 is 6.09 Å². The lowest BCUT2D eigenvalue weighted by Gasteiger charge is -2.45. The second kappa shape index (κ2) is 4.10. The lowest BCUT2D eigenvalue weighted by atomic mass is 9.88. The van der Waals surface area contributed by atoms with Gasteiger partial charge in [0, 0.05) is 24.9 Å². The Morgan fingerprint density at radius 3 is 2.24 bits per heavy atom. The van der Waals surface area contributed by atoms with E-state index in [1.807, 2.05) is 0 Å². The van der Waals surface area contributed by atoms with Gasteiger partial charge in [-0.3, -0.25) is 0 Å². The van der Waals surface area contributed by atoms with Crippen molar-refractivity contribution in [2.45, 2.75) is 64.5 Å². The molecule has 1 saturated heterocycles. The van der Waals surface area contributed by atoms with Gasteiger partial charge in [-0.2, -0.15) is 0 Å². The standard InChI is InChI=1S/C12H21F2NO2/c1-10(2,3)17-9(16)15-7-6-12(13,14)8-11(15,4)5/h6-8H2,1-5H3. The summed E-state index contributed by atoms with van der Waals surface area (Å²) >= 11 is 0. The fourth-order valence-corrected chi connectivity index (χ4v) is 2.05. The number of amides is 1. The highest BCUT2D eigenvalue weighted by Crippen LogP contribution is 2.38. The molecule has 1 aliphatic rings. The van der Waals surface area contributed by atoms with E-state index in [9.17, 15) is 13.6 Å². The Kier molecular flexibility index (Phi) is 3.43. The first-order valence-electron chi connectivity index (χ1n) is 5.81. The van der Waals surface area contributed by atoms with E-state index in [0.717, 1.165) is 0 Å². The highest BCUT2D eigenvalue weighted by Gasteiger charge is 2.47. The molecule has 5 heteroatoms. The van der Waals surface area contributed by atoms with E-state index < -0.39 is 23.2 Å². The van der Waals surface area contributed by atoms with Crippen LogP contribution in [-0.2, 0) is 4.74 Å². The highest BCUT2D eigenvalue weighted by molar-refractivity contribution is 5.69. The zero-order chi connectivity index (χ0) is 13.5. The minimum absolute atomic E-state index is 0.0366. The second-order valence-electron chi connectivity index (χ2n) is 6.23. The van der Waals surface area contributed by atoms with Crippen molar-refractivity contribution in [1.82, 2.24) is 4.90 Å². The molecule has 100 valence electrons. The Bertz CT molecular complexity index is 308. The monoisotopic (exact) mass is 249 g/mol. The number of halogens is 2. The molecule has 0 aliphatic carbocycles. The molecule has 1 rings (SSSR count). The molecule has 0 bridgehead atoms. The molecule has 17 heavy (non-hydrogen) atoms. The fourth-order valence-electron chi connectivity index (χ4n) is 2.05. The van der Waals surface area contributed by atoms with E-state index >= 15 is 0 Å². The van der Waals surface area contributed by atoms with Crippen molar-refractivity contribution in [1.29, 1.82) is 0 Å². The molecule has 1 aliphatic heterocycles. The van der Waals surface area contributed by atoms with E-state index in [0.29, 0.717) is 0 Å². The molecule has 0 N–H and O–H groups in total. The maximum absolute atomic E-state index is 13.3. The lowest BCUT2D eigenvalue weighted by molar-refractivity contribution is -0.102. The molecule has 1 amide bonds. The van der Waals surface area contributed by atoms with Crippen LogP contribution in [0.25, 0.3) is 0 Å². The molecule has 0 aromatic heterocycles. The van der Waals surface area contributed by atoms with Crippen LogP contribution in [0.15, 0.2) is 0 Å². The number of alkyl halides is 2. The van der Waals surface area contributed by atoms with Crippen molar-refractivity contribution in [3.05, 3.63) is 0 Å². The highest BCUT2D eigenvalue weighted by atomic mass is 19.3. The van der Waals surface area contributed by atoms with Gasteiger partial charge >= 0.3 is 6.09 Å². The van der Waals surface area contributed by atoms with Gasteiger partial charge in [-0.15, -0.1) is 0 Å². The average molecular weight is 249 g/mol. The summed E-state index contributed by atoms with van der Waals surface area (Å²) in [7, 11) is 0. The summed E-state index contributed by atoms with van der Waals surface area (Å²) in [6, 6.07) is 0. The Morgan fingerprint density at radius 1 is 1.29 bits per heavy atom. The molecular weight excluding hydrogens is 228 g/mol. The smallest absolute Gasteiger partial charge is 0.410 e. The number of hydrogen-bond donors (Lipinski definition) is 0. The van der Waals surface area contributed by atoms with E-state index in [2.05, 4.69) is 0 Å². The molecule has 0 atom stereocenters. The third-order valence-electron chi connectivity index (χ3n) is 2.74. The molecule has 0 spiro atoms. The quantitative estimate of drug-likeness (QED) is 0.658. The maximum Gasteiger partial charge on any atom is 0.410 e. The molecule has 0 unspecified atom stereocenters. The number of piperidine rings is 1. The SMILES string of the molecule is CC(C)(C)OC(=O)N1CCC(F)(F)CC1(C)C. The van der Waals surface area contributed by atoms with Crippen molar-refractivity contribution < 1.29 is 18.3 Å². The van der Waals surface area contributed by atoms with E-state index in [1.165, 1.54) is 4.90 Å². The van der Waals surface area contributed by atoms with Gasteiger partial charge < -0.3 is 9.64 Å². The lowest BCUT2D eigenvalue weighted by Crippen LogP contribution is -2.56. The summed E-state index contributed by atoms with van der Waals surface area (Å²) in [6.07, 6.45) is -1.13. The van der Waals surface area contributed by atoms with Gasteiger partial charge in [-0.1, -0.05) is 0 Å². The zero-order valence-electron chi connectivity index (χ0n) is 11.1. The minimum Gasteiger partial charge on any atom is -0.444 e. The maximum atomic E-state index is 13.3. The molecule has 0 aromatic rings. The number of likely N-dealkylation sites (tertiary alicyclic amines) is 1. The van der Waals surface area contributed by atoms with E-state index in [1.54, 1.807) is 34.6 Å². The van der Waals surface area contributed by atoms with Gasteiger partial charge in [0.1, 0.15) is 5.60 Å². The van der Waals surface area contributed by atoms with Gasteiger partial charge in [0.15, 0.2) is 0 Å². The predicted molar refractivity (Wildman–Crippen MR) is 61.2 cm³/mol. The van der Waals surface area contributed by atoms with Crippen LogP contribution in [-0.4, -0.2) is 34.6 Å². The zero-order valence-corrected chi connectivity index (χ0v) is 11.1. The van der Waals surface area contributed by atoms with Crippen LogP contribution in [0.3, 0.4) is 0 Å². The first kappa shape index (κ1) is 14.2. The van der Waals surface area contributed by atoms with Gasteiger partial charge in [0.2, 0.25) is 0 Å². The molecule has 1 fully saturated rings. The number of rotatable bonds is 0. The average Bonchev–Trinajstić information content (AvgIpc) is 1.94. The summed E-state index contributed by atoms with van der Waals surface area (Å²) in [5.41, 5.74) is -1.47. The molecule has 0 radical (unpaired) electrons. The van der Waals surface area contributed by atoms with E-state index in [-0.39, 0.29) is 19.4 Å². The van der Waals surface area contributed by atoms with Crippen LogP contribution in [0.5, 0.6) is 0 Å². The number of nitrogens with zero attached hydrogens (tertiary/aromatic N) is 1. The number of carbonyl (C=O) groups is 1. The summed E-state index contributed by atoms with van der Waals surface area (Å²) in [5, 5.41) is 0. The predicted octanol–water partition coefficient (Wildman–Crippen LogP) is 3.43. The Labute approximate surface area is 101 Å². The fraction of sp³-hybridized carbons (Fsp3) is 0.917. The second-order valence-corrected chi connectivity index (χ2v) is 6.23. The topological polar surface area (TPSA) is 29.5 Å². The van der Waals surface area contributed by atoms with Crippen LogP contribution in [0.4, 0.5) is 13.6 Å². The van der Waals surface area contributed by atoms with Crippen LogP contribution in [0.2, 0.25) is 0 Å². The molecular formula is C12H21F2NO2. The largest absolute Gasteiger partial charge is 0.444 e. The van der Waals surface area contributed by atoms with Crippen LogP contribution >= 0.6 is 0 Å². The first-order valence-corrected chi connectivity index (χ1v) is 5.81. The molecule has 1 heterocycles. The Balaban J connectivity index is 2.76. The minimum atomic E-state index is -2.69. The molecule has 3 nitrogen and oxygen atoms in total. The summed E-state index contributed by atoms with van der Waals surface area (Å²) in [6.45, 7) is 8.60. The number of ether oxygens (including phenoxy) is 1. The Hall–Kier alpha value is -0.870. The molecule has 0 aromatic carbocycles. The van der Waals surface area contributed by atoms with Crippen LogP contribution in [0.1, 0.15) is 47.5 Å². The van der Waals surface area contributed by atoms with Gasteiger partial charge in [0.25, 0.3) is 5.92 Å². The van der Waals surface area contributed by atoms with Crippen molar-refractivity contribution in [2.24, 2.45) is 0 Å². The normalized spacial score (nSPS) is 23.4. The third kappa shape index (κ3) is 3.82. The molecule has 0 saturated carbocycles. The third-order valence-corrected chi connectivity index (χ3v) is 2.74. The van der Waals surface area contributed by atoms with Crippen molar-refractivity contribution in [3.63, 3.8) is 0 Å². The van der Waals surface area contributed by atoms with Crippen molar-refractivity contribution in [2.75, 3.05) is 6.54 Å². The van der Waals surface area contributed by atoms with Gasteiger partial charge in [-0.25, -0.2) is 13.6 Å².